The number of rotatable bonds is 4. The molecule has 2 aromatic rings. The summed E-state index contributed by atoms with van der Waals surface area (Å²) < 4.78 is 24.2. The van der Waals surface area contributed by atoms with Crippen LogP contribution in [0.4, 0.5) is 0 Å². The minimum atomic E-state index is -3.47. The second-order valence-electron chi connectivity index (χ2n) is 4.52. The molecular formula is C15H16O3S. The number of hydrogen-bond donors (Lipinski definition) is 1. The van der Waals surface area contributed by atoms with Gasteiger partial charge in [-0.05, 0) is 24.6 Å². The van der Waals surface area contributed by atoms with Gasteiger partial charge >= 0.3 is 0 Å². The molecule has 0 aliphatic rings. The van der Waals surface area contributed by atoms with E-state index in [0.29, 0.717) is 5.56 Å². The molecule has 0 saturated carbocycles. The normalized spacial score (nSPS) is 13.2. The van der Waals surface area contributed by atoms with E-state index >= 15 is 0 Å². The SMILES string of the molecule is Cc1ccc([C@@H](O)CS(=O)(=O)c2ccccc2)cc1. The third-order valence-electron chi connectivity index (χ3n) is 2.94. The smallest absolute Gasteiger partial charge is 0.181 e. The van der Waals surface area contributed by atoms with Gasteiger partial charge in [0.25, 0.3) is 0 Å². The van der Waals surface area contributed by atoms with Crippen molar-refractivity contribution in [2.45, 2.75) is 17.9 Å². The molecule has 0 heterocycles. The average molecular weight is 276 g/mol. The Hall–Kier alpha value is -1.65. The molecule has 0 aliphatic carbocycles. The highest BCUT2D eigenvalue weighted by Crippen LogP contribution is 2.20. The molecule has 19 heavy (non-hydrogen) atoms. The third-order valence-corrected chi connectivity index (χ3v) is 4.69. The highest BCUT2D eigenvalue weighted by atomic mass is 32.2. The lowest BCUT2D eigenvalue weighted by atomic mass is 10.1. The zero-order valence-electron chi connectivity index (χ0n) is 10.7. The van der Waals surface area contributed by atoms with E-state index in [1.165, 1.54) is 12.1 Å². The van der Waals surface area contributed by atoms with Gasteiger partial charge in [0.2, 0.25) is 0 Å². The summed E-state index contributed by atoms with van der Waals surface area (Å²) in [4.78, 5) is 0.237. The molecule has 0 aliphatic heterocycles. The van der Waals surface area contributed by atoms with Crippen molar-refractivity contribution in [2.75, 3.05) is 5.75 Å². The summed E-state index contributed by atoms with van der Waals surface area (Å²) in [6, 6.07) is 15.4. The summed E-state index contributed by atoms with van der Waals surface area (Å²) in [5.74, 6) is -0.305. The van der Waals surface area contributed by atoms with Gasteiger partial charge in [0, 0.05) is 0 Å². The van der Waals surface area contributed by atoms with Gasteiger partial charge in [-0.15, -0.1) is 0 Å². The fourth-order valence-electron chi connectivity index (χ4n) is 1.82. The van der Waals surface area contributed by atoms with Crippen LogP contribution in [-0.4, -0.2) is 19.3 Å². The van der Waals surface area contributed by atoms with Gasteiger partial charge in [-0.25, -0.2) is 8.42 Å². The lowest BCUT2D eigenvalue weighted by molar-refractivity contribution is 0.201. The molecule has 0 unspecified atom stereocenters. The number of sulfone groups is 1. The van der Waals surface area contributed by atoms with Crippen molar-refractivity contribution in [3.63, 3.8) is 0 Å². The number of hydrogen-bond acceptors (Lipinski definition) is 3. The Kier molecular flexibility index (Phi) is 4.02. The molecule has 2 aromatic carbocycles. The summed E-state index contributed by atoms with van der Waals surface area (Å²) >= 11 is 0. The summed E-state index contributed by atoms with van der Waals surface area (Å²) in [6.45, 7) is 1.94. The minimum Gasteiger partial charge on any atom is -0.387 e. The molecule has 0 aromatic heterocycles. The second kappa shape index (κ2) is 5.55. The fraction of sp³-hybridized carbons (Fsp3) is 0.200. The largest absolute Gasteiger partial charge is 0.387 e. The molecule has 0 saturated heterocycles. The van der Waals surface area contributed by atoms with E-state index in [2.05, 4.69) is 0 Å². The van der Waals surface area contributed by atoms with Crippen LogP contribution in [0.5, 0.6) is 0 Å². The van der Waals surface area contributed by atoms with Gasteiger partial charge in [0.05, 0.1) is 16.8 Å². The van der Waals surface area contributed by atoms with E-state index in [9.17, 15) is 13.5 Å². The maximum atomic E-state index is 12.1. The van der Waals surface area contributed by atoms with Crippen molar-refractivity contribution < 1.29 is 13.5 Å². The van der Waals surface area contributed by atoms with Crippen LogP contribution in [0, 0.1) is 6.92 Å². The van der Waals surface area contributed by atoms with Crippen LogP contribution >= 0.6 is 0 Å². The van der Waals surface area contributed by atoms with Crippen LogP contribution in [0.2, 0.25) is 0 Å². The number of benzene rings is 2. The Balaban J connectivity index is 2.19. The third kappa shape index (κ3) is 3.43. The van der Waals surface area contributed by atoms with E-state index in [-0.39, 0.29) is 10.6 Å². The predicted octanol–water partition coefficient (Wildman–Crippen LogP) is 2.50. The monoisotopic (exact) mass is 276 g/mol. The van der Waals surface area contributed by atoms with E-state index in [1.54, 1.807) is 30.3 Å². The van der Waals surface area contributed by atoms with Crippen molar-refractivity contribution in [1.29, 1.82) is 0 Å². The Labute approximate surface area is 113 Å². The highest BCUT2D eigenvalue weighted by molar-refractivity contribution is 7.91. The molecule has 2 rings (SSSR count). The molecule has 0 amide bonds. The van der Waals surface area contributed by atoms with Crippen LogP contribution in [0.25, 0.3) is 0 Å². The molecule has 0 bridgehead atoms. The fourth-order valence-corrected chi connectivity index (χ4v) is 3.19. The van der Waals surface area contributed by atoms with Gasteiger partial charge < -0.3 is 5.11 Å². The Morgan fingerprint density at radius 2 is 1.58 bits per heavy atom. The van der Waals surface area contributed by atoms with Crippen molar-refractivity contribution >= 4 is 9.84 Å². The average Bonchev–Trinajstić information content (AvgIpc) is 2.40. The lowest BCUT2D eigenvalue weighted by Gasteiger charge is -2.12. The van der Waals surface area contributed by atoms with E-state index in [0.717, 1.165) is 5.56 Å². The first kappa shape index (κ1) is 13.8. The zero-order chi connectivity index (χ0) is 13.9. The second-order valence-corrected chi connectivity index (χ2v) is 6.56. The molecule has 4 heteroatoms. The molecule has 100 valence electrons. The number of aliphatic hydroxyl groups excluding tert-OH is 1. The zero-order valence-corrected chi connectivity index (χ0v) is 11.5. The summed E-state index contributed by atoms with van der Waals surface area (Å²) in [5, 5.41) is 10.0. The topological polar surface area (TPSA) is 54.4 Å². The first-order chi connectivity index (χ1) is 8.99. The first-order valence-electron chi connectivity index (χ1n) is 6.01. The maximum Gasteiger partial charge on any atom is 0.181 e. The molecule has 1 atom stereocenters. The summed E-state index contributed by atoms with van der Waals surface area (Å²) in [7, 11) is -3.47. The minimum absolute atomic E-state index is 0.237. The molecule has 3 nitrogen and oxygen atoms in total. The van der Waals surface area contributed by atoms with Crippen LogP contribution < -0.4 is 0 Å². The molecule has 0 spiro atoms. The van der Waals surface area contributed by atoms with Crippen molar-refractivity contribution in [2.24, 2.45) is 0 Å². The van der Waals surface area contributed by atoms with E-state index in [1.807, 2.05) is 19.1 Å². The van der Waals surface area contributed by atoms with E-state index < -0.39 is 15.9 Å². The van der Waals surface area contributed by atoms with Crippen LogP contribution in [-0.2, 0) is 9.84 Å². The van der Waals surface area contributed by atoms with Crippen LogP contribution in [0.1, 0.15) is 17.2 Å². The Bertz CT molecular complexity index is 631. The first-order valence-corrected chi connectivity index (χ1v) is 7.67. The van der Waals surface area contributed by atoms with Gasteiger partial charge in [0.1, 0.15) is 0 Å². The highest BCUT2D eigenvalue weighted by Gasteiger charge is 2.20. The van der Waals surface area contributed by atoms with Gasteiger partial charge in [-0.3, -0.25) is 0 Å². The number of aliphatic hydroxyl groups is 1. The van der Waals surface area contributed by atoms with Gasteiger partial charge in [-0.2, -0.15) is 0 Å². The van der Waals surface area contributed by atoms with Crippen LogP contribution in [0.3, 0.4) is 0 Å². The number of aryl methyl sites for hydroxylation is 1. The molecule has 1 N–H and O–H groups in total. The summed E-state index contributed by atoms with van der Waals surface area (Å²) in [6.07, 6.45) is -1.01. The summed E-state index contributed by atoms with van der Waals surface area (Å²) in [5.41, 5.74) is 1.69. The lowest BCUT2D eigenvalue weighted by Crippen LogP contribution is -2.14. The van der Waals surface area contributed by atoms with E-state index in [4.69, 9.17) is 0 Å². The van der Waals surface area contributed by atoms with Crippen LogP contribution in [0.15, 0.2) is 59.5 Å². The quantitative estimate of drug-likeness (QED) is 0.933. The van der Waals surface area contributed by atoms with Crippen molar-refractivity contribution in [3.05, 3.63) is 65.7 Å². The maximum absolute atomic E-state index is 12.1. The standard InChI is InChI=1S/C15H16O3S/c1-12-7-9-13(10-8-12)15(16)11-19(17,18)14-5-3-2-4-6-14/h2-10,15-16H,11H2,1H3/t15-/m0/s1. The Morgan fingerprint density at radius 3 is 2.16 bits per heavy atom. The van der Waals surface area contributed by atoms with Crippen molar-refractivity contribution in [1.82, 2.24) is 0 Å². The van der Waals surface area contributed by atoms with Gasteiger partial charge in [0.15, 0.2) is 9.84 Å². The Morgan fingerprint density at radius 1 is 1.00 bits per heavy atom. The molecule has 0 fully saturated rings. The predicted molar refractivity (Wildman–Crippen MR) is 74.6 cm³/mol. The van der Waals surface area contributed by atoms with Gasteiger partial charge in [-0.1, -0.05) is 48.0 Å². The molecule has 0 radical (unpaired) electrons. The van der Waals surface area contributed by atoms with Crippen molar-refractivity contribution in [3.8, 4) is 0 Å². The molecular weight excluding hydrogens is 260 g/mol.